The van der Waals surface area contributed by atoms with E-state index in [1.165, 1.54) is 0 Å². The van der Waals surface area contributed by atoms with Crippen LogP contribution < -0.4 is 10.6 Å². The molecule has 2 N–H and O–H groups in total. The predicted molar refractivity (Wildman–Crippen MR) is 94.6 cm³/mol. The van der Waals surface area contributed by atoms with Gasteiger partial charge in [0.25, 0.3) is 5.91 Å². The second-order valence-electron chi connectivity index (χ2n) is 6.35. The highest BCUT2D eigenvalue weighted by atomic mass is 35.5. The van der Waals surface area contributed by atoms with Crippen LogP contribution >= 0.6 is 11.6 Å². The lowest BCUT2D eigenvalue weighted by Gasteiger charge is -2.19. The molecule has 0 bridgehead atoms. The molecule has 0 heterocycles. The van der Waals surface area contributed by atoms with Crippen LogP contribution in [-0.4, -0.2) is 36.7 Å². The van der Waals surface area contributed by atoms with Crippen molar-refractivity contribution in [1.29, 1.82) is 0 Å². The fraction of sp³-hybridized carbons (Fsp3) is 0.471. The lowest BCUT2D eigenvalue weighted by molar-refractivity contribution is -0.147. The monoisotopic (exact) mass is 370 g/mol. The SMILES string of the molecule is Cc1ccc(NC(=O)COC(=O)CCNC(=O)OC(C)(C)C)cc1Cl. The van der Waals surface area contributed by atoms with Crippen LogP contribution in [0.3, 0.4) is 0 Å². The van der Waals surface area contributed by atoms with Crippen LogP contribution in [0.2, 0.25) is 5.02 Å². The molecule has 138 valence electrons. The van der Waals surface area contributed by atoms with E-state index >= 15 is 0 Å². The second kappa shape index (κ2) is 9.27. The Kier molecular flexibility index (Phi) is 7.70. The van der Waals surface area contributed by atoms with Gasteiger partial charge in [0.15, 0.2) is 6.61 Å². The van der Waals surface area contributed by atoms with Gasteiger partial charge >= 0.3 is 12.1 Å². The molecule has 0 radical (unpaired) electrons. The van der Waals surface area contributed by atoms with Crippen LogP contribution in [0, 0.1) is 6.92 Å². The zero-order valence-corrected chi connectivity index (χ0v) is 15.5. The van der Waals surface area contributed by atoms with E-state index in [4.69, 9.17) is 21.1 Å². The molecule has 1 aromatic rings. The summed E-state index contributed by atoms with van der Waals surface area (Å²) in [6.07, 6.45) is -0.683. The summed E-state index contributed by atoms with van der Waals surface area (Å²) in [4.78, 5) is 34.7. The number of hydrogen-bond acceptors (Lipinski definition) is 5. The summed E-state index contributed by atoms with van der Waals surface area (Å²) in [5.41, 5.74) is 0.800. The van der Waals surface area contributed by atoms with E-state index in [0.717, 1.165) is 5.56 Å². The van der Waals surface area contributed by atoms with E-state index in [1.54, 1.807) is 39.0 Å². The first-order valence-corrected chi connectivity index (χ1v) is 8.13. The number of ether oxygens (including phenoxy) is 2. The lowest BCUT2D eigenvalue weighted by Crippen LogP contribution is -2.34. The average molecular weight is 371 g/mol. The summed E-state index contributed by atoms with van der Waals surface area (Å²) in [6.45, 7) is 6.70. The molecule has 0 aliphatic rings. The van der Waals surface area contributed by atoms with Gasteiger partial charge in [0.1, 0.15) is 5.60 Å². The first-order chi connectivity index (χ1) is 11.6. The lowest BCUT2D eigenvalue weighted by atomic mass is 10.2. The molecule has 0 aromatic heterocycles. The second-order valence-corrected chi connectivity index (χ2v) is 6.76. The van der Waals surface area contributed by atoms with Crippen molar-refractivity contribution in [2.45, 2.75) is 39.7 Å². The fourth-order valence-electron chi connectivity index (χ4n) is 1.67. The molecular weight excluding hydrogens is 348 g/mol. The molecule has 8 heteroatoms. The maximum Gasteiger partial charge on any atom is 0.407 e. The Balaban J connectivity index is 2.26. The van der Waals surface area contributed by atoms with E-state index in [2.05, 4.69) is 10.6 Å². The Bertz CT molecular complexity index is 640. The fourth-order valence-corrected chi connectivity index (χ4v) is 1.85. The molecule has 7 nitrogen and oxygen atoms in total. The topological polar surface area (TPSA) is 93.7 Å². The molecule has 0 aliphatic carbocycles. The predicted octanol–water partition coefficient (Wildman–Crippen LogP) is 3.04. The number of anilines is 1. The zero-order valence-electron chi connectivity index (χ0n) is 14.8. The van der Waals surface area contributed by atoms with Crippen LogP contribution in [0.5, 0.6) is 0 Å². The maximum atomic E-state index is 11.7. The molecule has 1 rings (SSSR count). The number of rotatable bonds is 6. The molecule has 2 amide bonds. The number of esters is 1. The van der Waals surface area contributed by atoms with Gasteiger partial charge < -0.3 is 20.1 Å². The smallest absolute Gasteiger partial charge is 0.407 e. The summed E-state index contributed by atoms with van der Waals surface area (Å²) in [5.74, 6) is -1.08. The van der Waals surface area contributed by atoms with Crippen molar-refractivity contribution in [1.82, 2.24) is 5.32 Å². The van der Waals surface area contributed by atoms with Gasteiger partial charge in [0.2, 0.25) is 0 Å². The number of amides is 2. The minimum Gasteiger partial charge on any atom is -0.456 e. The minimum absolute atomic E-state index is 0.0585. The van der Waals surface area contributed by atoms with Crippen LogP contribution in [0.15, 0.2) is 18.2 Å². The van der Waals surface area contributed by atoms with Gasteiger partial charge in [0, 0.05) is 17.3 Å². The highest BCUT2D eigenvalue weighted by molar-refractivity contribution is 6.31. The Hall–Kier alpha value is -2.28. The summed E-state index contributed by atoms with van der Waals surface area (Å²) in [6, 6.07) is 5.08. The Morgan fingerprint density at radius 3 is 2.48 bits per heavy atom. The molecule has 0 aliphatic heterocycles. The molecular formula is C17H23ClN2O5. The van der Waals surface area contributed by atoms with Gasteiger partial charge in [0.05, 0.1) is 6.42 Å². The molecule has 0 fully saturated rings. The quantitative estimate of drug-likeness (QED) is 0.750. The Morgan fingerprint density at radius 1 is 1.20 bits per heavy atom. The minimum atomic E-state index is -0.616. The third-order valence-electron chi connectivity index (χ3n) is 2.82. The van der Waals surface area contributed by atoms with Crippen molar-refractivity contribution in [2.75, 3.05) is 18.5 Å². The van der Waals surface area contributed by atoms with Crippen molar-refractivity contribution >= 4 is 35.3 Å². The third-order valence-corrected chi connectivity index (χ3v) is 3.22. The van der Waals surface area contributed by atoms with Gasteiger partial charge in [-0.15, -0.1) is 0 Å². The molecule has 0 saturated carbocycles. The van der Waals surface area contributed by atoms with Crippen molar-refractivity contribution in [2.24, 2.45) is 0 Å². The Labute approximate surface area is 152 Å². The highest BCUT2D eigenvalue weighted by Crippen LogP contribution is 2.19. The van der Waals surface area contributed by atoms with Crippen LogP contribution in [0.1, 0.15) is 32.8 Å². The standard InChI is InChI=1S/C17H23ClN2O5/c1-11-5-6-12(9-13(11)18)20-14(21)10-24-15(22)7-8-19-16(23)25-17(2,3)4/h5-6,9H,7-8,10H2,1-4H3,(H,19,23)(H,20,21). The first kappa shape index (κ1) is 20.8. The first-order valence-electron chi connectivity index (χ1n) is 7.75. The van der Waals surface area contributed by atoms with E-state index in [0.29, 0.717) is 10.7 Å². The van der Waals surface area contributed by atoms with Crippen molar-refractivity contribution in [3.05, 3.63) is 28.8 Å². The number of halogens is 1. The number of nitrogens with one attached hydrogen (secondary N) is 2. The molecule has 0 unspecified atom stereocenters. The van der Waals surface area contributed by atoms with Gasteiger partial charge in [-0.2, -0.15) is 0 Å². The normalized spacial score (nSPS) is 10.8. The maximum absolute atomic E-state index is 11.7. The number of benzene rings is 1. The molecule has 0 spiro atoms. The van der Waals surface area contributed by atoms with Crippen molar-refractivity contribution in [3.8, 4) is 0 Å². The number of carbonyl (C=O) groups is 3. The van der Waals surface area contributed by atoms with E-state index in [9.17, 15) is 14.4 Å². The molecule has 0 saturated heterocycles. The van der Waals surface area contributed by atoms with Crippen molar-refractivity contribution < 1.29 is 23.9 Å². The summed E-state index contributed by atoms with van der Waals surface area (Å²) in [5, 5.41) is 5.54. The Morgan fingerprint density at radius 2 is 1.88 bits per heavy atom. The molecule has 1 aromatic carbocycles. The summed E-state index contributed by atoms with van der Waals surface area (Å²) < 4.78 is 9.86. The third kappa shape index (κ3) is 8.95. The van der Waals surface area contributed by atoms with Crippen LogP contribution in [0.4, 0.5) is 10.5 Å². The summed E-state index contributed by atoms with van der Waals surface area (Å²) >= 11 is 5.97. The van der Waals surface area contributed by atoms with Gasteiger partial charge in [-0.3, -0.25) is 9.59 Å². The van der Waals surface area contributed by atoms with E-state index < -0.39 is 30.2 Å². The molecule has 0 atom stereocenters. The van der Waals surface area contributed by atoms with Crippen LogP contribution in [0.25, 0.3) is 0 Å². The van der Waals surface area contributed by atoms with Gasteiger partial charge in [-0.25, -0.2) is 4.79 Å². The largest absolute Gasteiger partial charge is 0.456 e. The average Bonchev–Trinajstić information content (AvgIpc) is 2.47. The van der Waals surface area contributed by atoms with E-state index in [-0.39, 0.29) is 13.0 Å². The number of carbonyl (C=O) groups excluding carboxylic acids is 3. The number of aryl methyl sites for hydroxylation is 1. The van der Waals surface area contributed by atoms with E-state index in [1.807, 2.05) is 6.92 Å². The van der Waals surface area contributed by atoms with Crippen LogP contribution in [-0.2, 0) is 19.1 Å². The molecule has 25 heavy (non-hydrogen) atoms. The zero-order chi connectivity index (χ0) is 19.0. The summed E-state index contributed by atoms with van der Waals surface area (Å²) in [7, 11) is 0. The van der Waals surface area contributed by atoms with Gasteiger partial charge in [-0.1, -0.05) is 17.7 Å². The number of alkyl carbamates (subject to hydrolysis) is 1. The number of hydrogen-bond donors (Lipinski definition) is 2. The van der Waals surface area contributed by atoms with Crippen molar-refractivity contribution in [3.63, 3.8) is 0 Å². The highest BCUT2D eigenvalue weighted by Gasteiger charge is 2.16. The van der Waals surface area contributed by atoms with Gasteiger partial charge in [-0.05, 0) is 45.4 Å².